The molecular formula is C19H18N4O3S2. The predicted molar refractivity (Wildman–Crippen MR) is 111 cm³/mol. The quantitative estimate of drug-likeness (QED) is 0.365. The van der Waals surface area contributed by atoms with E-state index in [9.17, 15) is 13.2 Å². The van der Waals surface area contributed by atoms with Crippen molar-refractivity contribution in [3.8, 4) is 0 Å². The first-order valence-electron chi connectivity index (χ1n) is 8.27. The molecule has 3 rings (SSSR count). The van der Waals surface area contributed by atoms with Gasteiger partial charge in [0.25, 0.3) is 0 Å². The SMILES string of the molecule is C/C(=N\NC(=O)CSc1cccc2cccnc12)c1ccc(S(N)(=O)=O)cc1. The van der Waals surface area contributed by atoms with E-state index in [0.29, 0.717) is 11.3 Å². The van der Waals surface area contributed by atoms with Crippen LogP contribution < -0.4 is 10.6 Å². The first-order valence-corrected chi connectivity index (χ1v) is 10.8. The highest BCUT2D eigenvalue weighted by Gasteiger charge is 2.09. The van der Waals surface area contributed by atoms with E-state index in [1.165, 1.54) is 23.9 Å². The Morgan fingerprint density at radius 3 is 2.57 bits per heavy atom. The number of hydrogen-bond donors (Lipinski definition) is 2. The van der Waals surface area contributed by atoms with Crippen molar-refractivity contribution in [3.05, 3.63) is 66.4 Å². The molecule has 0 unspecified atom stereocenters. The molecule has 0 saturated carbocycles. The van der Waals surface area contributed by atoms with Crippen LogP contribution in [-0.4, -0.2) is 30.8 Å². The lowest BCUT2D eigenvalue weighted by Crippen LogP contribution is -2.21. The molecule has 0 atom stereocenters. The van der Waals surface area contributed by atoms with Crippen LogP contribution >= 0.6 is 11.8 Å². The lowest BCUT2D eigenvalue weighted by molar-refractivity contribution is -0.118. The van der Waals surface area contributed by atoms with Crippen LogP contribution in [-0.2, 0) is 14.8 Å². The molecule has 0 spiro atoms. The van der Waals surface area contributed by atoms with E-state index in [1.54, 1.807) is 25.3 Å². The van der Waals surface area contributed by atoms with Gasteiger partial charge in [0, 0.05) is 16.5 Å². The first kappa shape index (κ1) is 20.0. The molecule has 3 N–H and O–H groups in total. The van der Waals surface area contributed by atoms with Crippen LogP contribution in [0.2, 0.25) is 0 Å². The van der Waals surface area contributed by atoms with Gasteiger partial charge < -0.3 is 0 Å². The Balaban J connectivity index is 1.61. The maximum Gasteiger partial charge on any atom is 0.250 e. The molecule has 1 amide bonds. The van der Waals surface area contributed by atoms with Crippen molar-refractivity contribution >= 4 is 44.3 Å². The molecule has 7 nitrogen and oxygen atoms in total. The molecule has 0 aliphatic carbocycles. The third-order valence-corrected chi connectivity index (χ3v) is 5.88. The minimum absolute atomic E-state index is 0.0215. The summed E-state index contributed by atoms with van der Waals surface area (Å²) < 4.78 is 22.6. The highest BCUT2D eigenvalue weighted by Crippen LogP contribution is 2.25. The number of carbonyl (C=O) groups excluding carboxylic acids is 1. The number of nitrogens with zero attached hydrogens (tertiary/aromatic N) is 2. The van der Waals surface area contributed by atoms with Crippen LogP contribution in [0.25, 0.3) is 10.9 Å². The standard InChI is InChI=1S/C19H18N4O3S2/c1-13(14-7-9-16(10-8-14)28(20,25)26)22-23-18(24)12-27-17-6-2-4-15-5-3-11-21-19(15)17/h2-11H,12H2,1H3,(H,23,24)(H2,20,25,26)/b22-13+. The Labute approximate surface area is 167 Å². The summed E-state index contributed by atoms with van der Waals surface area (Å²) in [6.45, 7) is 1.72. The zero-order valence-electron chi connectivity index (χ0n) is 15.0. The summed E-state index contributed by atoms with van der Waals surface area (Å²) in [7, 11) is -3.74. The molecule has 0 saturated heterocycles. The Bertz CT molecular complexity index is 1140. The molecule has 0 aliphatic rings. The highest BCUT2D eigenvalue weighted by molar-refractivity contribution is 8.00. The van der Waals surface area contributed by atoms with Crippen LogP contribution in [0.5, 0.6) is 0 Å². The number of rotatable bonds is 6. The molecule has 3 aromatic rings. The number of nitrogens with one attached hydrogen (secondary N) is 1. The number of amides is 1. The second kappa shape index (κ2) is 8.51. The Kier molecular flexibility index (Phi) is 6.08. The molecule has 0 radical (unpaired) electrons. The molecule has 0 fully saturated rings. The van der Waals surface area contributed by atoms with Gasteiger partial charge in [-0.15, -0.1) is 11.8 Å². The van der Waals surface area contributed by atoms with Crippen LogP contribution in [0.3, 0.4) is 0 Å². The average molecular weight is 415 g/mol. The van der Waals surface area contributed by atoms with Crippen LogP contribution in [0, 0.1) is 0 Å². The smallest absolute Gasteiger partial charge is 0.250 e. The first-order chi connectivity index (χ1) is 13.3. The zero-order chi connectivity index (χ0) is 20.1. The number of pyridine rings is 1. The van der Waals surface area contributed by atoms with Crippen LogP contribution in [0.1, 0.15) is 12.5 Å². The van der Waals surface area contributed by atoms with Gasteiger partial charge in [-0.05, 0) is 36.8 Å². The van der Waals surface area contributed by atoms with Gasteiger partial charge in [-0.1, -0.05) is 30.3 Å². The molecule has 0 aliphatic heterocycles. The summed E-state index contributed by atoms with van der Waals surface area (Å²) >= 11 is 1.39. The lowest BCUT2D eigenvalue weighted by Gasteiger charge is -2.06. The van der Waals surface area contributed by atoms with Crippen molar-refractivity contribution in [2.45, 2.75) is 16.7 Å². The van der Waals surface area contributed by atoms with E-state index < -0.39 is 10.0 Å². The molecule has 2 aromatic carbocycles. The molecular weight excluding hydrogens is 396 g/mol. The number of para-hydroxylation sites is 1. The highest BCUT2D eigenvalue weighted by atomic mass is 32.2. The van der Waals surface area contributed by atoms with Crippen molar-refractivity contribution < 1.29 is 13.2 Å². The Morgan fingerprint density at radius 1 is 1.14 bits per heavy atom. The normalized spacial score (nSPS) is 12.1. The molecule has 1 aromatic heterocycles. The van der Waals surface area contributed by atoms with E-state index in [-0.39, 0.29) is 16.6 Å². The number of carbonyl (C=O) groups is 1. The average Bonchev–Trinajstić information content (AvgIpc) is 2.69. The fraction of sp³-hybridized carbons (Fsp3) is 0.105. The fourth-order valence-corrected chi connectivity index (χ4v) is 3.81. The molecule has 28 heavy (non-hydrogen) atoms. The number of hydrazone groups is 1. The summed E-state index contributed by atoms with van der Waals surface area (Å²) in [6.07, 6.45) is 1.72. The van der Waals surface area contributed by atoms with E-state index in [2.05, 4.69) is 15.5 Å². The van der Waals surface area contributed by atoms with Gasteiger partial charge in [0.15, 0.2) is 0 Å². The van der Waals surface area contributed by atoms with Crippen molar-refractivity contribution in [3.63, 3.8) is 0 Å². The van der Waals surface area contributed by atoms with E-state index in [4.69, 9.17) is 5.14 Å². The summed E-state index contributed by atoms with van der Waals surface area (Å²) in [4.78, 5) is 17.4. The summed E-state index contributed by atoms with van der Waals surface area (Å²) in [6, 6.07) is 15.6. The van der Waals surface area contributed by atoms with E-state index in [0.717, 1.165) is 15.8 Å². The minimum Gasteiger partial charge on any atom is -0.272 e. The number of sulfonamides is 1. The summed E-state index contributed by atoms with van der Waals surface area (Å²) in [5, 5.41) is 10.2. The number of hydrogen-bond acceptors (Lipinski definition) is 6. The molecule has 144 valence electrons. The fourth-order valence-electron chi connectivity index (χ4n) is 2.46. The van der Waals surface area contributed by atoms with E-state index in [1.807, 2.05) is 30.3 Å². The van der Waals surface area contributed by atoms with Crippen molar-refractivity contribution in [2.24, 2.45) is 10.2 Å². The van der Waals surface area contributed by atoms with Gasteiger partial charge >= 0.3 is 0 Å². The van der Waals surface area contributed by atoms with Gasteiger partial charge in [0.1, 0.15) is 0 Å². The van der Waals surface area contributed by atoms with Gasteiger partial charge in [0.05, 0.1) is 21.9 Å². The number of primary sulfonamides is 1. The zero-order valence-corrected chi connectivity index (χ0v) is 16.6. The third kappa shape index (κ3) is 4.94. The number of thioether (sulfide) groups is 1. The predicted octanol–water partition coefficient (Wildman–Crippen LogP) is 2.51. The Morgan fingerprint density at radius 2 is 1.86 bits per heavy atom. The van der Waals surface area contributed by atoms with Gasteiger partial charge in [-0.3, -0.25) is 9.78 Å². The molecule has 9 heteroatoms. The second-order valence-electron chi connectivity index (χ2n) is 5.92. The van der Waals surface area contributed by atoms with Gasteiger partial charge in [0.2, 0.25) is 15.9 Å². The van der Waals surface area contributed by atoms with Crippen LogP contribution in [0.4, 0.5) is 0 Å². The Hall–Kier alpha value is -2.75. The van der Waals surface area contributed by atoms with Gasteiger partial charge in [-0.25, -0.2) is 19.0 Å². The van der Waals surface area contributed by atoms with Crippen molar-refractivity contribution in [2.75, 3.05) is 5.75 Å². The third-order valence-electron chi connectivity index (χ3n) is 3.90. The topological polar surface area (TPSA) is 115 Å². The minimum atomic E-state index is -3.74. The molecule has 1 heterocycles. The number of benzene rings is 2. The van der Waals surface area contributed by atoms with E-state index >= 15 is 0 Å². The van der Waals surface area contributed by atoms with Crippen molar-refractivity contribution in [1.82, 2.24) is 10.4 Å². The monoisotopic (exact) mass is 414 g/mol. The largest absolute Gasteiger partial charge is 0.272 e. The maximum atomic E-state index is 12.1. The number of fused-ring (bicyclic) bond motifs is 1. The second-order valence-corrected chi connectivity index (χ2v) is 8.50. The summed E-state index contributed by atoms with van der Waals surface area (Å²) in [5.74, 6) is -0.0602. The lowest BCUT2D eigenvalue weighted by atomic mass is 10.1. The number of nitrogens with two attached hydrogens (primary N) is 1. The summed E-state index contributed by atoms with van der Waals surface area (Å²) in [5.41, 5.74) is 4.59. The van der Waals surface area contributed by atoms with Gasteiger partial charge in [-0.2, -0.15) is 5.10 Å². The maximum absolute atomic E-state index is 12.1. The molecule has 0 bridgehead atoms. The van der Waals surface area contributed by atoms with Crippen LogP contribution in [0.15, 0.2) is 75.7 Å². The number of aromatic nitrogens is 1. The van der Waals surface area contributed by atoms with Crippen molar-refractivity contribution in [1.29, 1.82) is 0 Å².